The van der Waals surface area contributed by atoms with Crippen molar-refractivity contribution in [2.45, 2.75) is 6.04 Å². The molecule has 0 saturated carbocycles. The van der Waals surface area contributed by atoms with Crippen LogP contribution in [-0.4, -0.2) is 19.6 Å². The fourth-order valence-corrected chi connectivity index (χ4v) is 2.28. The molecule has 1 saturated heterocycles. The van der Waals surface area contributed by atoms with Crippen molar-refractivity contribution >= 4 is 0 Å². The molecular weight excluding hydrogens is 236 g/mol. The summed E-state index contributed by atoms with van der Waals surface area (Å²) in [5.74, 6) is 1.74. The average molecular weight is 254 g/mol. The molecule has 1 aliphatic heterocycles. The molecule has 0 amide bonds. The third-order valence-corrected chi connectivity index (χ3v) is 3.30. The van der Waals surface area contributed by atoms with E-state index in [-0.39, 0.29) is 0 Å². The molecule has 1 aliphatic rings. The number of benzene rings is 2. The summed E-state index contributed by atoms with van der Waals surface area (Å²) in [5, 5.41) is 6.90. The van der Waals surface area contributed by atoms with Gasteiger partial charge in [-0.2, -0.15) is 0 Å². The quantitative estimate of drug-likeness (QED) is 0.883. The molecule has 0 aromatic heterocycles. The molecule has 1 fully saturated rings. The molecule has 2 N–H and O–H groups in total. The van der Waals surface area contributed by atoms with Crippen LogP contribution in [0.15, 0.2) is 54.6 Å². The number of ether oxygens (including phenoxy) is 1. The van der Waals surface area contributed by atoms with Gasteiger partial charge in [0.2, 0.25) is 0 Å². The highest BCUT2D eigenvalue weighted by Crippen LogP contribution is 2.23. The topological polar surface area (TPSA) is 33.3 Å². The Bertz CT molecular complexity index is 504. The summed E-state index contributed by atoms with van der Waals surface area (Å²) in [6, 6.07) is 18.6. The Kier molecular flexibility index (Phi) is 3.77. The van der Waals surface area contributed by atoms with E-state index >= 15 is 0 Å². The summed E-state index contributed by atoms with van der Waals surface area (Å²) in [4.78, 5) is 0. The van der Waals surface area contributed by atoms with Crippen LogP contribution in [0.2, 0.25) is 0 Å². The smallest absolute Gasteiger partial charge is 0.127 e. The largest absolute Gasteiger partial charge is 0.457 e. The van der Waals surface area contributed by atoms with Gasteiger partial charge in [-0.15, -0.1) is 0 Å². The van der Waals surface area contributed by atoms with Crippen molar-refractivity contribution in [3.63, 3.8) is 0 Å². The Hall–Kier alpha value is -1.84. The van der Waals surface area contributed by atoms with E-state index in [0.29, 0.717) is 6.04 Å². The predicted molar refractivity (Wildman–Crippen MR) is 76.6 cm³/mol. The second-order valence-electron chi connectivity index (χ2n) is 4.69. The second-order valence-corrected chi connectivity index (χ2v) is 4.69. The molecule has 2 aromatic rings. The predicted octanol–water partition coefficient (Wildman–Crippen LogP) is 2.71. The molecule has 3 heteroatoms. The molecule has 3 rings (SSSR count). The van der Waals surface area contributed by atoms with Crippen molar-refractivity contribution in [1.82, 2.24) is 10.6 Å². The monoisotopic (exact) mass is 254 g/mol. The summed E-state index contributed by atoms with van der Waals surface area (Å²) in [6.45, 7) is 3.05. The lowest BCUT2D eigenvalue weighted by atomic mass is 10.1. The average Bonchev–Trinajstić information content (AvgIpc) is 2.50. The van der Waals surface area contributed by atoms with Crippen LogP contribution in [0.4, 0.5) is 0 Å². The van der Waals surface area contributed by atoms with Crippen LogP contribution in [0.25, 0.3) is 0 Å². The minimum absolute atomic E-state index is 0.402. The van der Waals surface area contributed by atoms with Gasteiger partial charge >= 0.3 is 0 Å². The minimum atomic E-state index is 0.402. The Morgan fingerprint density at radius 1 is 0.842 bits per heavy atom. The fourth-order valence-electron chi connectivity index (χ4n) is 2.28. The normalized spacial score (nSPS) is 19.1. The van der Waals surface area contributed by atoms with Crippen molar-refractivity contribution in [3.8, 4) is 11.5 Å². The van der Waals surface area contributed by atoms with Gasteiger partial charge < -0.3 is 15.4 Å². The number of hydrogen-bond acceptors (Lipinski definition) is 3. The number of nitrogens with one attached hydrogen (secondary N) is 2. The first kappa shape index (κ1) is 12.2. The highest BCUT2D eigenvalue weighted by Gasteiger charge is 2.13. The SMILES string of the molecule is c1ccc(Oc2ccc(C3CNCCN3)cc2)cc1. The number of rotatable bonds is 3. The van der Waals surface area contributed by atoms with Crippen LogP contribution < -0.4 is 15.4 Å². The van der Waals surface area contributed by atoms with Crippen LogP contribution in [0.3, 0.4) is 0 Å². The highest BCUT2D eigenvalue weighted by atomic mass is 16.5. The number of para-hydroxylation sites is 1. The maximum atomic E-state index is 5.78. The lowest BCUT2D eigenvalue weighted by Gasteiger charge is -2.24. The van der Waals surface area contributed by atoms with Gasteiger partial charge in [-0.25, -0.2) is 0 Å². The van der Waals surface area contributed by atoms with E-state index in [0.717, 1.165) is 31.1 Å². The summed E-state index contributed by atoms with van der Waals surface area (Å²) >= 11 is 0. The molecule has 0 aliphatic carbocycles. The van der Waals surface area contributed by atoms with Crippen LogP contribution in [0.1, 0.15) is 11.6 Å². The van der Waals surface area contributed by atoms with Crippen molar-refractivity contribution in [3.05, 3.63) is 60.2 Å². The number of piperazine rings is 1. The summed E-state index contributed by atoms with van der Waals surface area (Å²) in [7, 11) is 0. The van der Waals surface area contributed by atoms with E-state index in [1.54, 1.807) is 0 Å². The molecule has 19 heavy (non-hydrogen) atoms. The standard InChI is InChI=1S/C16H18N2O/c1-2-4-14(5-3-1)19-15-8-6-13(7-9-15)16-12-17-10-11-18-16/h1-9,16-18H,10-12H2. The maximum absolute atomic E-state index is 5.78. The Labute approximate surface area is 113 Å². The maximum Gasteiger partial charge on any atom is 0.127 e. The molecule has 98 valence electrons. The molecule has 0 spiro atoms. The molecule has 1 atom stereocenters. The van der Waals surface area contributed by atoms with Gasteiger partial charge in [-0.1, -0.05) is 30.3 Å². The van der Waals surface area contributed by atoms with E-state index in [2.05, 4.69) is 22.8 Å². The molecule has 2 aromatic carbocycles. The fraction of sp³-hybridized carbons (Fsp3) is 0.250. The zero-order valence-electron chi connectivity index (χ0n) is 10.8. The van der Waals surface area contributed by atoms with Gasteiger partial charge in [-0.3, -0.25) is 0 Å². The van der Waals surface area contributed by atoms with Crippen LogP contribution >= 0.6 is 0 Å². The van der Waals surface area contributed by atoms with Crippen molar-refractivity contribution in [2.75, 3.05) is 19.6 Å². The van der Waals surface area contributed by atoms with E-state index in [1.807, 2.05) is 42.5 Å². The lowest BCUT2D eigenvalue weighted by molar-refractivity contribution is 0.429. The van der Waals surface area contributed by atoms with E-state index in [1.165, 1.54) is 5.56 Å². The molecule has 1 unspecified atom stereocenters. The van der Waals surface area contributed by atoms with Gasteiger partial charge in [0, 0.05) is 25.7 Å². The molecular formula is C16H18N2O. The van der Waals surface area contributed by atoms with Crippen molar-refractivity contribution in [2.24, 2.45) is 0 Å². The first-order chi connectivity index (χ1) is 9.42. The van der Waals surface area contributed by atoms with Gasteiger partial charge in [-0.05, 0) is 29.8 Å². The summed E-state index contributed by atoms with van der Waals surface area (Å²) in [5.41, 5.74) is 1.30. The molecule has 0 radical (unpaired) electrons. The Morgan fingerprint density at radius 3 is 2.26 bits per heavy atom. The third kappa shape index (κ3) is 3.13. The third-order valence-electron chi connectivity index (χ3n) is 3.30. The van der Waals surface area contributed by atoms with Crippen LogP contribution in [0.5, 0.6) is 11.5 Å². The van der Waals surface area contributed by atoms with E-state index < -0.39 is 0 Å². The van der Waals surface area contributed by atoms with Crippen LogP contribution in [0, 0.1) is 0 Å². The van der Waals surface area contributed by atoms with Gasteiger partial charge in [0.25, 0.3) is 0 Å². The Morgan fingerprint density at radius 2 is 1.58 bits per heavy atom. The summed E-state index contributed by atoms with van der Waals surface area (Å²) in [6.07, 6.45) is 0. The van der Waals surface area contributed by atoms with Gasteiger partial charge in [0.05, 0.1) is 0 Å². The van der Waals surface area contributed by atoms with Gasteiger partial charge in [0.15, 0.2) is 0 Å². The lowest BCUT2D eigenvalue weighted by Crippen LogP contribution is -2.42. The molecule has 1 heterocycles. The number of hydrogen-bond donors (Lipinski definition) is 2. The first-order valence-corrected chi connectivity index (χ1v) is 6.69. The second kappa shape index (κ2) is 5.87. The summed E-state index contributed by atoms with van der Waals surface area (Å²) < 4.78 is 5.78. The van der Waals surface area contributed by atoms with E-state index in [4.69, 9.17) is 4.74 Å². The zero-order valence-corrected chi connectivity index (χ0v) is 10.8. The minimum Gasteiger partial charge on any atom is -0.457 e. The van der Waals surface area contributed by atoms with E-state index in [9.17, 15) is 0 Å². The van der Waals surface area contributed by atoms with Crippen LogP contribution in [-0.2, 0) is 0 Å². The van der Waals surface area contributed by atoms with Crippen molar-refractivity contribution < 1.29 is 4.74 Å². The molecule has 3 nitrogen and oxygen atoms in total. The highest BCUT2D eigenvalue weighted by molar-refractivity contribution is 5.34. The Balaban J connectivity index is 1.68. The van der Waals surface area contributed by atoms with Gasteiger partial charge in [0.1, 0.15) is 11.5 Å². The zero-order chi connectivity index (χ0) is 12.9. The van der Waals surface area contributed by atoms with Crippen molar-refractivity contribution in [1.29, 1.82) is 0 Å². The molecule has 0 bridgehead atoms. The first-order valence-electron chi connectivity index (χ1n) is 6.69.